The fraction of sp³-hybridized carbons (Fsp3) is 0.261. The quantitative estimate of drug-likeness (QED) is 0.480. The van der Waals surface area contributed by atoms with Crippen molar-refractivity contribution in [2.24, 2.45) is 0 Å². The number of furan rings is 1. The summed E-state index contributed by atoms with van der Waals surface area (Å²) in [6.07, 6.45) is 2.21. The van der Waals surface area contributed by atoms with E-state index in [1.54, 1.807) is 18.4 Å². The highest BCUT2D eigenvalue weighted by Gasteiger charge is 2.28. The smallest absolute Gasteiger partial charge is 0.238 e. The zero-order chi connectivity index (χ0) is 19.8. The molecule has 4 aromatic rings. The number of hydrogen-bond acceptors (Lipinski definition) is 5. The normalized spacial score (nSPS) is 17.2. The van der Waals surface area contributed by atoms with Gasteiger partial charge >= 0.3 is 0 Å². The van der Waals surface area contributed by atoms with Crippen molar-refractivity contribution in [3.63, 3.8) is 0 Å². The molecule has 0 bridgehead atoms. The predicted molar refractivity (Wildman–Crippen MR) is 117 cm³/mol. The Morgan fingerprint density at radius 2 is 2.10 bits per heavy atom. The van der Waals surface area contributed by atoms with Crippen molar-refractivity contribution in [3.05, 3.63) is 58.8 Å². The summed E-state index contributed by atoms with van der Waals surface area (Å²) in [6, 6.07) is 16.3. The maximum Gasteiger partial charge on any atom is 0.238 e. The molecule has 148 valence electrons. The van der Waals surface area contributed by atoms with Crippen molar-refractivity contribution in [2.75, 3.05) is 25.5 Å². The summed E-state index contributed by atoms with van der Waals surface area (Å²) >= 11 is 1.76. The van der Waals surface area contributed by atoms with Crippen LogP contribution in [0.5, 0.6) is 5.75 Å². The lowest BCUT2D eigenvalue weighted by molar-refractivity contribution is -0.117. The van der Waals surface area contributed by atoms with Crippen LogP contribution in [0.15, 0.2) is 58.3 Å². The number of carbonyl (C=O) groups excluding carboxylic acids is 1. The van der Waals surface area contributed by atoms with Gasteiger partial charge in [-0.15, -0.1) is 11.3 Å². The molecule has 1 N–H and O–H groups in total. The third-order valence-electron chi connectivity index (χ3n) is 5.55. The molecule has 0 aliphatic carbocycles. The Bertz CT molecular complexity index is 1170. The summed E-state index contributed by atoms with van der Waals surface area (Å²) in [4.78, 5) is 16.4. The largest absolute Gasteiger partial charge is 0.495 e. The fourth-order valence-electron chi connectivity index (χ4n) is 4.21. The molecule has 0 unspecified atom stereocenters. The lowest BCUT2D eigenvalue weighted by atomic mass is 10.1. The molecule has 2 aromatic heterocycles. The van der Waals surface area contributed by atoms with Gasteiger partial charge in [-0.3, -0.25) is 9.69 Å². The monoisotopic (exact) mass is 406 g/mol. The summed E-state index contributed by atoms with van der Waals surface area (Å²) in [5.74, 6) is 0.593. The lowest BCUT2D eigenvalue weighted by Gasteiger charge is -2.23. The van der Waals surface area contributed by atoms with Crippen molar-refractivity contribution in [3.8, 4) is 5.75 Å². The first-order valence-electron chi connectivity index (χ1n) is 9.79. The fourth-order valence-corrected chi connectivity index (χ4v) is 5.11. The van der Waals surface area contributed by atoms with Crippen LogP contribution in [0.4, 0.5) is 5.69 Å². The van der Waals surface area contributed by atoms with E-state index in [-0.39, 0.29) is 5.91 Å². The van der Waals surface area contributed by atoms with Gasteiger partial charge in [0.2, 0.25) is 5.91 Å². The van der Waals surface area contributed by atoms with E-state index in [1.165, 1.54) is 4.88 Å². The van der Waals surface area contributed by atoms with Crippen molar-refractivity contribution < 1.29 is 13.9 Å². The van der Waals surface area contributed by atoms with Gasteiger partial charge in [-0.05, 0) is 43.0 Å². The highest BCUT2D eigenvalue weighted by atomic mass is 32.1. The van der Waals surface area contributed by atoms with E-state index in [4.69, 9.17) is 9.15 Å². The molecule has 29 heavy (non-hydrogen) atoms. The van der Waals surface area contributed by atoms with Gasteiger partial charge in [0, 0.05) is 27.8 Å². The van der Waals surface area contributed by atoms with Crippen LogP contribution in [0.1, 0.15) is 23.8 Å². The Morgan fingerprint density at radius 1 is 1.21 bits per heavy atom. The summed E-state index contributed by atoms with van der Waals surface area (Å²) in [7, 11) is 1.62. The Kier molecular flexibility index (Phi) is 4.73. The summed E-state index contributed by atoms with van der Waals surface area (Å²) in [5.41, 5.74) is 2.19. The minimum atomic E-state index is -0.0396. The molecule has 5 nitrogen and oxygen atoms in total. The highest BCUT2D eigenvalue weighted by Crippen LogP contribution is 2.37. The van der Waals surface area contributed by atoms with Gasteiger partial charge in [-0.25, -0.2) is 0 Å². The number of fused-ring (bicyclic) bond motifs is 3. The molecule has 1 aliphatic rings. The highest BCUT2D eigenvalue weighted by molar-refractivity contribution is 7.10. The number of rotatable bonds is 5. The molecule has 1 saturated heterocycles. The van der Waals surface area contributed by atoms with Crippen molar-refractivity contribution >= 4 is 44.9 Å². The minimum absolute atomic E-state index is 0.0396. The van der Waals surface area contributed by atoms with Gasteiger partial charge in [-0.1, -0.05) is 24.3 Å². The van der Waals surface area contributed by atoms with Crippen LogP contribution in [0.2, 0.25) is 0 Å². The second-order valence-electron chi connectivity index (χ2n) is 7.34. The van der Waals surface area contributed by atoms with Crippen LogP contribution < -0.4 is 10.1 Å². The average molecular weight is 407 g/mol. The van der Waals surface area contributed by atoms with E-state index in [1.807, 2.05) is 36.4 Å². The van der Waals surface area contributed by atoms with Gasteiger partial charge in [-0.2, -0.15) is 0 Å². The molecule has 1 amide bonds. The number of likely N-dealkylation sites (tertiary alicyclic amines) is 1. The van der Waals surface area contributed by atoms with E-state index < -0.39 is 0 Å². The van der Waals surface area contributed by atoms with E-state index >= 15 is 0 Å². The van der Waals surface area contributed by atoms with Crippen molar-refractivity contribution in [1.82, 2.24) is 4.90 Å². The molecular weight excluding hydrogens is 384 g/mol. The number of benzene rings is 2. The number of methoxy groups -OCH3 is 1. The number of para-hydroxylation sites is 1. The minimum Gasteiger partial charge on any atom is -0.495 e. The summed E-state index contributed by atoms with van der Waals surface area (Å²) < 4.78 is 11.5. The third kappa shape index (κ3) is 3.39. The number of ether oxygens (including phenoxy) is 1. The van der Waals surface area contributed by atoms with E-state index in [9.17, 15) is 4.79 Å². The SMILES string of the molecule is COc1cc2c(cc1NC(=O)CN1CCC[C@H]1c1cccs1)oc1ccccc12. The molecule has 1 fully saturated rings. The Labute approximate surface area is 172 Å². The third-order valence-corrected chi connectivity index (χ3v) is 6.53. The average Bonchev–Trinajstić information content (AvgIpc) is 3.46. The van der Waals surface area contributed by atoms with Gasteiger partial charge in [0.25, 0.3) is 0 Å². The molecule has 2 aromatic carbocycles. The maximum absolute atomic E-state index is 12.8. The van der Waals surface area contributed by atoms with E-state index in [0.717, 1.165) is 41.3 Å². The molecule has 6 heteroatoms. The lowest BCUT2D eigenvalue weighted by Crippen LogP contribution is -2.32. The van der Waals surface area contributed by atoms with Gasteiger partial charge in [0.15, 0.2) is 0 Å². The van der Waals surface area contributed by atoms with Crippen LogP contribution in [0.25, 0.3) is 21.9 Å². The van der Waals surface area contributed by atoms with Gasteiger partial charge in [0.05, 0.1) is 19.3 Å². The molecular formula is C23H22N2O3S. The first-order valence-corrected chi connectivity index (χ1v) is 10.7. The van der Waals surface area contributed by atoms with Crippen molar-refractivity contribution in [2.45, 2.75) is 18.9 Å². The Hall–Kier alpha value is -2.83. The second kappa shape index (κ2) is 7.54. The van der Waals surface area contributed by atoms with E-state index in [0.29, 0.717) is 24.0 Å². The summed E-state index contributed by atoms with van der Waals surface area (Å²) in [5, 5.41) is 7.14. The van der Waals surface area contributed by atoms with Crippen LogP contribution in [-0.4, -0.2) is 31.0 Å². The van der Waals surface area contributed by atoms with Crippen LogP contribution in [0, 0.1) is 0 Å². The Balaban J connectivity index is 1.39. The van der Waals surface area contributed by atoms with Gasteiger partial charge < -0.3 is 14.5 Å². The van der Waals surface area contributed by atoms with E-state index in [2.05, 4.69) is 27.7 Å². The zero-order valence-corrected chi connectivity index (χ0v) is 17.0. The number of nitrogens with zero attached hydrogens (tertiary/aromatic N) is 1. The molecule has 0 radical (unpaired) electrons. The Morgan fingerprint density at radius 3 is 2.93 bits per heavy atom. The van der Waals surface area contributed by atoms with Crippen LogP contribution in [-0.2, 0) is 4.79 Å². The zero-order valence-electron chi connectivity index (χ0n) is 16.2. The predicted octanol–water partition coefficient (Wildman–Crippen LogP) is 5.43. The first-order chi connectivity index (χ1) is 14.2. The standard InChI is InChI=1S/C23H22N2O3S/c1-27-21-12-16-15-6-2-3-8-19(15)28-20(16)13-17(21)24-23(26)14-25-10-4-7-18(25)22-9-5-11-29-22/h2-3,5-6,8-9,11-13,18H,4,7,10,14H2,1H3,(H,24,26)/t18-/m0/s1. The number of amides is 1. The topological polar surface area (TPSA) is 54.7 Å². The number of carbonyl (C=O) groups is 1. The molecule has 3 heterocycles. The molecule has 1 aliphatic heterocycles. The van der Waals surface area contributed by atoms with Gasteiger partial charge in [0.1, 0.15) is 16.9 Å². The molecule has 0 saturated carbocycles. The number of anilines is 1. The maximum atomic E-state index is 12.8. The van der Waals surface area contributed by atoms with Crippen molar-refractivity contribution in [1.29, 1.82) is 0 Å². The number of thiophene rings is 1. The molecule has 0 spiro atoms. The molecule has 5 rings (SSSR count). The second-order valence-corrected chi connectivity index (χ2v) is 8.32. The van der Waals surface area contributed by atoms with Crippen LogP contribution >= 0.6 is 11.3 Å². The molecule has 1 atom stereocenters. The number of nitrogens with one attached hydrogen (secondary N) is 1. The number of hydrogen-bond donors (Lipinski definition) is 1. The van der Waals surface area contributed by atoms with Crippen LogP contribution in [0.3, 0.4) is 0 Å². The first kappa shape index (κ1) is 18.2. The summed E-state index contributed by atoms with van der Waals surface area (Å²) in [6.45, 7) is 1.31.